The van der Waals surface area contributed by atoms with Crippen molar-refractivity contribution in [2.24, 2.45) is 0 Å². The van der Waals surface area contributed by atoms with E-state index in [1.54, 1.807) is 30.3 Å². The van der Waals surface area contributed by atoms with Crippen molar-refractivity contribution >= 4 is 15.2 Å². The van der Waals surface area contributed by atoms with Gasteiger partial charge in [-0.2, -0.15) is 0 Å². The highest BCUT2D eigenvalue weighted by Crippen LogP contribution is 2.68. The molecule has 0 saturated heterocycles. The van der Waals surface area contributed by atoms with Gasteiger partial charge < -0.3 is 24.7 Å². The van der Waals surface area contributed by atoms with E-state index in [2.05, 4.69) is 10.3 Å². The lowest BCUT2D eigenvalue weighted by Crippen LogP contribution is -2.34. The summed E-state index contributed by atoms with van der Waals surface area (Å²) in [6.07, 6.45) is 1.25. The first-order valence-corrected chi connectivity index (χ1v) is 9.06. The number of hydrogen-bond acceptors (Lipinski definition) is 5. The Labute approximate surface area is 124 Å². The van der Waals surface area contributed by atoms with Crippen molar-refractivity contribution in [2.45, 2.75) is 11.6 Å². The zero-order valence-corrected chi connectivity index (χ0v) is 12.7. The zero-order valence-electron chi connectivity index (χ0n) is 11.0. The molecule has 0 atom stereocenters. The number of rotatable bonds is 5. The molecule has 0 bridgehead atoms. The van der Waals surface area contributed by atoms with E-state index >= 15 is 0 Å². The van der Waals surface area contributed by atoms with E-state index in [4.69, 9.17) is 19.6 Å². The normalized spacial score (nSPS) is 13.3. The number of aliphatic hydroxyl groups is 1. The standard InChI is InChI=1S/C10H13N3O7P2/c14-10(21(15,16)17,22(18,19)20)7-13-9(6-11-12-13)8-4-2-1-3-5-8/h1-6,14H,7H2,(H2,15,16,17)(H2,18,19,20). The van der Waals surface area contributed by atoms with E-state index in [0.29, 0.717) is 5.56 Å². The van der Waals surface area contributed by atoms with Gasteiger partial charge in [0.1, 0.15) is 0 Å². The lowest BCUT2D eigenvalue weighted by atomic mass is 10.2. The molecule has 0 unspecified atom stereocenters. The van der Waals surface area contributed by atoms with Crippen LogP contribution in [0.4, 0.5) is 0 Å². The molecule has 10 nitrogen and oxygen atoms in total. The Morgan fingerprint density at radius 3 is 2.09 bits per heavy atom. The molecule has 0 aliphatic rings. The average molecular weight is 349 g/mol. The molecule has 0 fully saturated rings. The largest absolute Gasteiger partial charge is 0.371 e. The van der Waals surface area contributed by atoms with Crippen LogP contribution in [0, 0.1) is 0 Å². The molecule has 0 aliphatic carbocycles. The van der Waals surface area contributed by atoms with Gasteiger partial charge in [-0.3, -0.25) is 9.13 Å². The summed E-state index contributed by atoms with van der Waals surface area (Å²) < 4.78 is 23.6. The fourth-order valence-electron chi connectivity index (χ4n) is 1.76. The lowest BCUT2D eigenvalue weighted by Gasteiger charge is -2.29. The maximum atomic E-state index is 11.4. The molecular weight excluding hydrogens is 336 g/mol. The second-order valence-corrected chi connectivity index (χ2v) is 8.51. The van der Waals surface area contributed by atoms with Crippen molar-refractivity contribution in [3.05, 3.63) is 36.5 Å². The van der Waals surface area contributed by atoms with Gasteiger partial charge in [0.2, 0.25) is 0 Å². The molecule has 5 N–H and O–H groups in total. The Kier molecular flexibility index (Phi) is 4.38. The first-order chi connectivity index (χ1) is 10.1. The molecular formula is C10H13N3O7P2. The van der Waals surface area contributed by atoms with Crippen LogP contribution >= 0.6 is 15.2 Å². The van der Waals surface area contributed by atoms with Crippen molar-refractivity contribution in [1.82, 2.24) is 15.0 Å². The van der Waals surface area contributed by atoms with Gasteiger partial charge in [-0.1, -0.05) is 35.5 Å². The number of hydrogen-bond donors (Lipinski definition) is 5. The van der Waals surface area contributed by atoms with Gasteiger partial charge in [0, 0.05) is 5.56 Å². The summed E-state index contributed by atoms with van der Waals surface area (Å²) in [5, 5.41) is 13.4. The highest BCUT2D eigenvalue weighted by Gasteiger charge is 2.60. The van der Waals surface area contributed by atoms with Gasteiger partial charge in [-0.05, 0) is 0 Å². The lowest BCUT2D eigenvalue weighted by molar-refractivity contribution is 0.111. The summed E-state index contributed by atoms with van der Waals surface area (Å²) in [5.74, 6) is 0. The molecule has 2 aromatic rings. The minimum Gasteiger partial charge on any atom is -0.366 e. The molecule has 1 aromatic heterocycles. The third kappa shape index (κ3) is 3.04. The Hall–Kier alpha value is -1.38. The molecule has 0 amide bonds. The number of aromatic nitrogens is 3. The van der Waals surface area contributed by atoms with E-state index in [1.165, 1.54) is 6.20 Å². The Balaban J connectivity index is 2.49. The summed E-state index contributed by atoms with van der Waals surface area (Å²) in [6, 6.07) is 8.39. The highest BCUT2D eigenvalue weighted by atomic mass is 31.2. The molecule has 12 heteroatoms. The van der Waals surface area contributed by atoms with Crippen molar-refractivity contribution in [1.29, 1.82) is 0 Å². The molecule has 1 heterocycles. The minimum absolute atomic E-state index is 0.237. The molecule has 22 heavy (non-hydrogen) atoms. The third-order valence-electron chi connectivity index (χ3n) is 2.98. The monoisotopic (exact) mass is 349 g/mol. The van der Waals surface area contributed by atoms with E-state index in [9.17, 15) is 14.2 Å². The van der Waals surface area contributed by atoms with E-state index < -0.39 is 26.8 Å². The fourth-order valence-corrected chi connectivity index (χ4v) is 3.76. The number of benzene rings is 1. The Morgan fingerprint density at radius 1 is 1.05 bits per heavy atom. The van der Waals surface area contributed by atoms with E-state index in [-0.39, 0.29) is 5.69 Å². The summed E-state index contributed by atoms with van der Waals surface area (Å²) in [4.78, 5) is 36.6. The van der Waals surface area contributed by atoms with Gasteiger partial charge in [-0.15, -0.1) is 5.10 Å². The topological polar surface area (TPSA) is 166 Å². The van der Waals surface area contributed by atoms with Crippen molar-refractivity contribution in [2.75, 3.05) is 0 Å². The minimum atomic E-state index is -5.56. The van der Waals surface area contributed by atoms with E-state index in [1.807, 2.05) is 0 Å². The molecule has 1 aromatic carbocycles. The second-order valence-electron chi connectivity index (χ2n) is 4.51. The molecule has 2 rings (SSSR count). The summed E-state index contributed by atoms with van der Waals surface area (Å²) >= 11 is 0. The summed E-state index contributed by atoms with van der Waals surface area (Å²) in [6.45, 7) is -1.12. The molecule has 0 radical (unpaired) electrons. The Bertz CT molecular complexity index is 729. The quantitative estimate of drug-likeness (QED) is 0.465. The van der Waals surface area contributed by atoms with Crippen LogP contribution < -0.4 is 0 Å². The van der Waals surface area contributed by atoms with Gasteiger partial charge in [-0.25, -0.2) is 4.68 Å². The van der Waals surface area contributed by atoms with Crippen LogP contribution in [0.15, 0.2) is 36.5 Å². The second kappa shape index (κ2) is 5.68. The highest BCUT2D eigenvalue weighted by molar-refractivity contribution is 7.72. The average Bonchev–Trinajstić information content (AvgIpc) is 2.85. The number of nitrogens with zero attached hydrogens (tertiary/aromatic N) is 3. The molecule has 0 aliphatic heterocycles. The van der Waals surface area contributed by atoms with Crippen LogP contribution in [0.25, 0.3) is 11.3 Å². The zero-order chi connectivity index (χ0) is 16.6. The van der Waals surface area contributed by atoms with Gasteiger partial charge >= 0.3 is 15.2 Å². The fraction of sp³-hybridized carbons (Fsp3) is 0.200. The van der Waals surface area contributed by atoms with Crippen LogP contribution in [-0.4, -0.2) is 44.8 Å². The predicted octanol–water partition coefficient (Wildman–Crippen LogP) is -0.0534. The van der Waals surface area contributed by atoms with Crippen molar-refractivity contribution in [3.8, 4) is 11.3 Å². The smallest absolute Gasteiger partial charge is 0.366 e. The molecule has 0 saturated carbocycles. The van der Waals surface area contributed by atoms with Crippen LogP contribution in [-0.2, 0) is 15.7 Å². The predicted molar refractivity (Wildman–Crippen MR) is 74.5 cm³/mol. The maximum Gasteiger partial charge on any atom is 0.371 e. The van der Waals surface area contributed by atoms with Gasteiger partial charge in [0.25, 0.3) is 5.08 Å². The van der Waals surface area contributed by atoms with Gasteiger partial charge in [0.15, 0.2) is 0 Å². The van der Waals surface area contributed by atoms with E-state index in [0.717, 1.165) is 4.68 Å². The van der Waals surface area contributed by atoms with Crippen molar-refractivity contribution < 1.29 is 33.8 Å². The van der Waals surface area contributed by atoms with Crippen molar-refractivity contribution in [3.63, 3.8) is 0 Å². The first kappa shape index (κ1) is 17.0. The maximum absolute atomic E-state index is 11.4. The summed E-state index contributed by atoms with van der Waals surface area (Å²) in [5.41, 5.74) is 0.784. The Morgan fingerprint density at radius 2 is 1.59 bits per heavy atom. The third-order valence-corrected chi connectivity index (χ3v) is 6.69. The molecule has 120 valence electrons. The van der Waals surface area contributed by atoms with Crippen LogP contribution in [0.1, 0.15) is 0 Å². The van der Waals surface area contributed by atoms with Crippen LogP contribution in [0.5, 0.6) is 0 Å². The van der Waals surface area contributed by atoms with Gasteiger partial charge in [0.05, 0.1) is 18.4 Å². The van der Waals surface area contributed by atoms with Crippen LogP contribution in [0.3, 0.4) is 0 Å². The van der Waals surface area contributed by atoms with Crippen LogP contribution in [0.2, 0.25) is 0 Å². The molecule has 0 spiro atoms. The SMILES string of the molecule is O=P(O)(O)C(O)(Cn1nncc1-c1ccccc1)P(=O)(O)O. The first-order valence-electron chi connectivity index (χ1n) is 5.84. The summed E-state index contributed by atoms with van der Waals surface area (Å²) in [7, 11) is -11.1.